The Bertz CT molecular complexity index is 1240. The Labute approximate surface area is 181 Å². The number of para-hydroxylation sites is 2. The molecule has 9 heteroatoms. The Kier molecular flexibility index (Phi) is 5.97. The van der Waals surface area contributed by atoms with Crippen molar-refractivity contribution < 1.29 is 5.11 Å². The van der Waals surface area contributed by atoms with Gasteiger partial charge in [-0.05, 0) is 17.7 Å². The molecule has 0 amide bonds. The number of hydrogen-bond acceptors (Lipinski definition) is 8. The van der Waals surface area contributed by atoms with Crippen molar-refractivity contribution in [1.29, 1.82) is 5.26 Å². The van der Waals surface area contributed by atoms with E-state index < -0.39 is 0 Å². The minimum atomic E-state index is -0.0325. The molecule has 2 aromatic heterocycles. The number of aliphatic hydroxyl groups excluding tert-OH is 1. The van der Waals surface area contributed by atoms with Gasteiger partial charge < -0.3 is 15.0 Å². The highest BCUT2D eigenvalue weighted by molar-refractivity contribution is 8.01. The number of aryl methyl sites for hydroxylation is 1. The molecule has 0 spiro atoms. The molecule has 0 saturated heterocycles. The Balaban J connectivity index is 1.44. The summed E-state index contributed by atoms with van der Waals surface area (Å²) in [5.41, 5.74) is 3.00. The maximum atomic E-state index is 10.6. The van der Waals surface area contributed by atoms with Crippen LogP contribution in [-0.2, 0) is 13.6 Å². The number of fused-ring (bicyclic) bond motifs is 1. The molecule has 0 radical (unpaired) electrons. The van der Waals surface area contributed by atoms with Gasteiger partial charge in [-0.25, -0.2) is 4.98 Å². The zero-order valence-corrected chi connectivity index (χ0v) is 17.7. The van der Waals surface area contributed by atoms with E-state index in [2.05, 4.69) is 26.6 Å². The Morgan fingerprint density at radius 3 is 2.70 bits per heavy atom. The third kappa shape index (κ3) is 4.30. The Hall–Kier alpha value is -3.35. The summed E-state index contributed by atoms with van der Waals surface area (Å²) in [6, 6.07) is 19.7. The van der Waals surface area contributed by atoms with Crippen molar-refractivity contribution in [3.05, 3.63) is 71.7 Å². The lowest BCUT2D eigenvalue weighted by Crippen LogP contribution is -2.00. The third-order valence-corrected chi connectivity index (χ3v) is 6.46. The standard InChI is InChI=1S/C21H18N6OS2/c1-27-17-10-6-5-9-16(17)24-19(27)15(11-22)18(28)13-29-21-26-25-20(30-21)23-12-14-7-3-2-4-8-14/h2-10,28H,12-13H2,1H3,(H,23,25)/b18-15-. The van der Waals surface area contributed by atoms with Gasteiger partial charge in [0, 0.05) is 13.6 Å². The number of nitrogens with zero attached hydrogens (tertiary/aromatic N) is 5. The molecular weight excluding hydrogens is 416 g/mol. The van der Waals surface area contributed by atoms with Crippen LogP contribution in [0.25, 0.3) is 16.6 Å². The average Bonchev–Trinajstić information content (AvgIpc) is 3.37. The number of allylic oxidation sites excluding steroid dienone is 1. The summed E-state index contributed by atoms with van der Waals surface area (Å²) in [4.78, 5) is 4.49. The van der Waals surface area contributed by atoms with E-state index in [9.17, 15) is 10.4 Å². The van der Waals surface area contributed by atoms with Crippen LogP contribution in [0.15, 0.2) is 64.7 Å². The number of aliphatic hydroxyl groups is 1. The first-order chi connectivity index (χ1) is 14.7. The minimum Gasteiger partial charge on any atom is -0.510 e. The fraction of sp³-hybridized carbons (Fsp3) is 0.143. The first kappa shape index (κ1) is 19.9. The van der Waals surface area contributed by atoms with Gasteiger partial charge >= 0.3 is 0 Å². The SMILES string of the molecule is Cn1c(/C(C#N)=C(\O)CSc2nnc(NCc3ccccc3)s2)nc2ccccc21. The smallest absolute Gasteiger partial charge is 0.206 e. The molecule has 0 aliphatic rings. The van der Waals surface area contributed by atoms with E-state index in [1.165, 1.54) is 23.1 Å². The maximum absolute atomic E-state index is 10.6. The van der Waals surface area contributed by atoms with Gasteiger partial charge in [-0.15, -0.1) is 10.2 Å². The lowest BCUT2D eigenvalue weighted by molar-refractivity contribution is 0.420. The lowest BCUT2D eigenvalue weighted by atomic mass is 10.2. The Morgan fingerprint density at radius 2 is 1.93 bits per heavy atom. The van der Waals surface area contributed by atoms with Crippen molar-refractivity contribution in [2.45, 2.75) is 10.9 Å². The van der Waals surface area contributed by atoms with Crippen LogP contribution >= 0.6 is 23.1 Å². The summed E-state index contributed by atoms with van der Waals surface area (Å²) in [7, 11) is 1.83. The number of imidazole rings is 1. The number of aromatic nitrogens is 4. The molecule has 0 aliphatic heterocycles. The second-order valence-corrected chi connectivity index (χ2v) is 8.62. The largest absolute Gasteiger partial charge is 0.510 e. The number of anilines is 1. The van der Waals surface area contributed by atoms with Gasteiger partial charge in [0.1, 0.15) is 17.4 Å². The van der Waals surface area contributed by atoms with Crippen LogP contribution in [0, 0.1) is 11.3 Å². The summed E-state index contributed by atoms with van der Waals surface area (Å²) in [5.74, 6) is 0.619. The third-order valence-electron chi connectivity index (χ3n) is 4.44. The van der Waals surface area contributed by atoms with Crippen LogP contribution in [-0.4, -0.2) is 30.6 Å². The van der Waals surface area contributed by atoms with E-state index in [0.717, 1.165) is 16.6 Å². The molecular formula is C21H18N6OS2. The summed E-state index contributed by atoms with van der Waals surface area (Å²) in [6.45, 7) is 0.663. The molecule has 0 saturated carbocycles. The second-order valence-electron chi connectivity index (χ2n) is 6.42. The zero-order chi connectivity index (χ0) is 20.9. The summed E-state index contributed by atoms with van der Waals surface area (Å²) >= 11 is 2.74. The number of hydrogen-bond donors (Lipinski definition) is 2. The van der Waals surface area contributed by atoms with E-state index in [4.69, 9.17) is 0 Å². The van der Waals surface area contributed by atoms with Crippen LogP contribution in [0.2, 0.25) is 0 Å². The molecule has 0 unspecified atom stereocenters. The second kappa shape index (κ2) is 8.98. The number of nitrogens with one attached hydrogen (secondary N) is 1. The molecule has 30 heavy (non-hydrogen) atoms. The molecule has 2 N–H and O–H groups in total. The lowest BCUT2D eigenvalue weighted by Gasteiger charge is -2.04. The molecule has 7 nitrogen and oxygen atoms in total. The topological polar surface area (TPSA) is 99.7 Å². The van der Waals surface area contributed by atoms with Crippen LogP contribution in [0.5, 0.6) is 0 Å². The predicted molar refractivity (Wildman–Crippen MR) is 120 cm³/mol. The van der Waals surface area contributed by atoms with Crippen molar-refractivity contribution >= 4 is 44.8 Å². The molecule has 2 heterocycles. The van der Waals surface area contributed by atoms with Gasteiger partial charge in [0.15, 0.2) is 10.2 Å². The molecule has 4 aromatic rings. The molecule has 4 rings (SSSR count). The van der Waals surface area contributed by atoms with E-state index >= 15 is 0 Å². The monoisotopic (exact) mass is 434 g/mol. The van der Waals surface area contributed by atoms with Gasteiger partial charge in [-0.3, -0.25) is 0 Å². The fourth-order valence-corrected chi connectivity index (χ4v) is 4.55. The highest BCUT2D eigenvalue weighted by Gasteiger charge is 2.17. The molecule has 0 bridgehead atoms. The molecule has 0 fully saturated rings. The predicted octanol–water partition coefficient (Wildman–Crippen LogP) is 4.62. The van der Waals surface area contributed by atoms with Gasteiger partial charge in [0.05, 0.1) is 16.8 Å². The zero-order valence-electron chi connectivity index (χ0n) is 16.1. The molecule has 0 aliphatic carbocycles. The summed E-state index contributed by atoms with van der Waals surface area (Å²) in [5, 5.41) is 32.4. The van der Waals surface area contributed by atoms with Crippen molar-refractivity contribution in [2.75, 3.05) is 11.1 Å². The quantitative estimate of drug-likeness (QED) is 0.249. The number of thioether (sulfide) groups is 1. The molecule has 0 atom stereocenters. The van der Waals surface area contributed by atoms with Crippen molar-refractivity contribution in [1.82, 2.24) is 19.7 Å². The number of benzene rings is 2. The van der Waals surface area contributed by atoms with E-state index in [1.807, 2.05) is 66.2 Å². The van der Waals surface area contributed by atoms with Crippen LogP contribution in [0.4, 0.5) is 5.13 Å². The fourth-order valence-electron chi connectivity index (χ4n) is 2.93. The maximum Gasteiger partial charge on any atom is 0.206 e. The van der Waals surface area contributed by atoms with Crippen LogP contribution in [0.3, 0.4) is 0 Å². The minimum absolute atomic E-state index is 0.0325. The Morgan fingerprint density at radius 1 is 1.17 bits per heavy atom. The highest BCUT2D eigenvalue weighted by Crippen LogP contribution is 2.29. The van der Waals surface area contributed by atoms with Gasteiger partial charge in [-0.2, -0.15) is 5.26 Å². The van der Waals surface area contributed by atoms with E-state index in [-0.39, 0.29) is 17.1 Å². The number of rotatable bonds is 7. The normalized spacial score (nSPS) is 11.9. The first-order valence-electron chi connectivity index (χ1n) is 9.14. The van der Waals surface area contributed by atoms with Gasteiger partial charge in [0.25, 0.3) is 0 Å². The summed E-state index contributed by atoms with van der Waals surface area (Å²) < 4.78 is 2.52. The molecule has 2 aromatic carbocycles. The molecule has 150 valence electrons. The van der Waals surface area contributed by atoms with Crippen LogP contribution in [0.1, 0.15) is 11.4 Å². The van der Waals surface area contributed by atoms with Crippen molar-refractivity contribution in [3.8, 4) is 6.07 Å². The first-order valence-corrected chi connectivity index (χ1v) is 10.9. The van der Waals surface area contributed by atoms with Gasteiger partial charge in [0.2, 0.25) is 5.13 Å². The van der Waals surface area contributed by atoms with Gasteiger partial charge in [-0.1, -0.05) is 65.6 Å². The average molecular weight is 435 g/mol. The summed E-state index contributed by atoms with van der Waals surface area (Å²) in [6.07, 6.45) is 0. The van der Waals surface area contributed by atoms with Crippen LogP contribution < -0.4 is 5.32 Å². The van der Waals surface area contributed by atoms with E-state index in [1.54, 1.807) is 0 Å². The highest BCUT2D eigenvalue weighted by atomic mass is 32.2. The number of nitriles is 1. The van der Waals surface area contributed by atoms with Crippen molar-refractivity contribution in [3.63, 3.8) is 0 Å². The van der Waals surface area contributed by atoms with Crippen molar-refractivity contribution in [2.24, 2.45) is 7.05 Å². The van der Waals surface area contributed by atoms with E-state index in [0.29, 0.717) is 21.8 Å².